The maximum atomic E-state index is 12.9. The molecule has 7 heteroatoms. The largest absolute Gasteiger partial charge is 0.479 e. The van der Waals surface area contributed by atoms with Gasteiger partial charge in [0.25, 0.3) is 5.91 Å². The Morgan fingerprint density at radius 1 is 1.10 bits per heavy atom. The lowest BCUT2D eigenvalue weighted by molar-refractivity contribution is -0.140. The monoisotopic (exact) mass is 416 g/mol. The van der Waals surface area contributed by atoms with Crippen LogP contribution in [-0.4, -0.2) is 54.8 Å². The van der Waals surface area contributed by atoms with E-state index in [1.807, 2.05) is 36.1 Å². The summed E-state index contributed by atoms with van der Waals surface area (Å²) in [4.78, 5) is 17.2. The highest BCUT2D eigenvalue weighted by molar-refractivity contribution is 6.32. The number of carbonyl (C=O) groups is 1. The standard InChI is InChI=1S/C22H25ClN2O4/c1-2-18(29-19-6-4-3-5-17(19)23)22(26)25-11-9-24(10-12-25)14-16-7-8-20-21(13-16)28-15-27-20/h3-8,13,18H,2,9-12,14-15H2,1H3/t18-/m1/s1. The molecule has 0 aromatic heterocycles. The van der Waals surface area contributed by atoms with E-state index in [0.29, 0.717) is 30.3 Å². The van der Waals surface area contributed by atoms with E-state index in [0.717, 1.165) is 31.1 Å². The van der Waals surface area contributed by atoms with E-state index >= 15 is 0 Å². The lowest BCUT2D eigenvalue weighted by Crippen LogP contribution is -2.52. The molecule has 2 aromatic rings. The first kappa shape index (κ1) is 19.9. The molecule has 2 aliphatic heterocycles. The molecule has 0 radical (unpaired) electrons. The third-order valence-corrected chi connectivity index (χ3v) is 5.59. The van der Waals surface area contributed by atoms with Crippen LogP contribution in [0, 0.1) is 0 Å². The lowest BCUT2D eigenvalue weighted by atomic mass is 10.1. The summed E-state index contributed by atoms with van der Waals surface area (Å²) in [7, 11) is 0. The van der Waals surface area contributed by atoms with Crippen molar-refractivity contribution in [3.05, 3.63) is 53.1 Å². The average Bonchev–Trinajstić information content (AvgIpc) is 3.21. The smallest absolute Gasteiger partial charge is 0.263 e. The molecule has 4 rings (SSSR count). The van der Waals surface area contributed by atoms with Gasteiger partial charge < -0.3 is 19.1 Å². The maximum Gasteiger partial charge on any atom is 0.263 e. The molecular formula is C22H25ClN2O4. The third-order valence-electron chi connectivity index (χ3n) is 5.28. The van der Waals surface area contributed by atoms with Crippen LogP contribution in [0.3, 0.4) is 0 Å². The number of rotatable bonds is 6. The minimum atomic E-state index is -0.518. The highest BCUT2D eigenvalue weighted by atomic mass is 35.5. The Bertz CT molecular complexity index is 868. The number of hydrogen-bond donors (Lipinski definition) is 0. The van der Waals surface area contributed by atoms with Crippen molar-refractivity contribution in [2.24, 2.45) is 0 Å². The van der Waals surface area contributed by atoms with Crippen molar-refractivity contribution >= 4 is 17.5 Å². The molecule has 29 heavy (non-hydrogen) atoms. The Hall–Kier alpha value is -2.44. The van der Waals surface area contributed by atoms with Gasteiger partial charge >= 0.3 is 0 Å². The molecule has 0 N–H and O–H groups in total. The van der Waals surface area contributed by atoms with Crippen molar-refractivity contribution in [3.63, 3.8) is 0 Å². The second kappa shape index (κ2) is 8.93. The topological polar surface area (TPSA) is 51.2 Å². The van der Waals surface area contributed by atoms with E-state index in [2.05, 4.69) is 11.0 Å². The molecule has 6 nitrogen and oxygen atoms in total. The van der Waals surface area contributed by atoms with Crippen LogP contribution in [-0.2, 0) is 11.3 Å². The van der Waals surface area contributed by atoms with Crippen LogP contribution in [0.15, 0.2) is 42.5 Å². The summed E-state index contributed by atoms with van der Waals surface area (Å²) in [6.07, 6.45) is 0.0804. The molecule has 2 heterocycles. The maximum absolute atomic E-state index is 12.9. The van der Waals surface area contributed by atoms with Crippen LogP contribution in [0.25, 0.3) is 0 Å². The molecule has 0 saturated carbocycles. The molecule has 2 aromatic carbocycles. The summed E-state index contributed by atoms with van der Waals surface area (Å²) in [5.74, 6) is 2.18. The van der Waals surface area contributed by atoms with Gasteiger partial charge in [-0.15, -0.1) is 0 Å². The predicted molar refractivity (Wildman–Crippen MR) is 111 cm³/mol. The Balaban J connectivity index is 1.31. The van der Waals surface area contributed by atoms with Gasteiger partial charge in [-0.25, -0.2) is 0 Å². The fourth-order valence-corrected chi connectivity index (χ4v) is 3.81. The Morgan fingerprint density at radius 2 is 1.86 bits per heavy atom. The molecule has 0 aliphatic carbocycles. The first-order valence-electron chi connectivity index (χ1n) is 9.95. The van der Waals surface area contributed by atoms with Crippen LogP contribution in [0.2, 0.25) is 5.02 Å². The van der Waals surface area contributed by atoms with Crippen LogP contribution < -0.4 is 14.2 Å². The molecule has 0 bridgehead atoms. The predicted octanol–water partition coefficient (Wildman–Crippen LogP) is 3.57. The van der Waals surface area contributed by atoms with Crippen molar-refractivity contribution < 1.29 is 19.0 Å². The molecule has 154 valence electrons. The quantitative estimate of drug-likeness (QED) is 0.720. The van der Waals surface area contributed by atoms with Gasteiger partial charge in [0.15, 0.2) is 17.6 Å². The van der Waals surface area contributed by atoms with Crippen LogP contribution in [0.1, 0.15) is 18.9 Å². The van der Waals surface area contributed by atoms with Crippen LogP contribution in [0.4, 0.5) is 0 Å². The van der Waals surface area contributed by atoms with Gasteiger partial charge in [0.2, 0.25) is 6.79 Å². The SMILES string of the molecule is CC[C@@H](Oc1ccccc1Cl)C(=O)N1CCN(Cc2ccc3c(c2)OCO3)CC1. The van der Waals surface area contributed by atoms with E-state index in [1.54, 1.807) is 12.1 Å². The summed E-state index contributed by atoms with van der Waals surface area (Å²) in [6.45, 7) is 6.08. The fourth-order valence-electron chi connectivity index (χ4n) is 3.63. The average molecular weight is 417 g/mol. The first-order valence-corrected chi connectivity index (χ1v) is 10.3. The second-order valence-electron chi connectivity index (χ2n) is 7.23. The Kier molecular flexibility index (Phi) is 6.11. The van der Waals surface area contributed by atoms with Gasteiger partial charge in [0.1, 0.15) is 5.75 Å². The molecule has 2 aliphatic rings. The zero-order valence-corrected chi connectivity index (χ0v) is 17.2. The van der Waals surface area contributed by atoms with Crippen molar-refractivity contribution in [2.45, 2.75) is 26.0 Å². The molecule has 1 fully saturated rings. The number of benzene rings is 2. The number of halogens is 1. The summed E-state index contributed by atoms with van der Waals surface area (Å²) in [5, 5.41) is 0.521. The molecule has 0 unspecified atom stereocenters. The molecule has 1 atom stereocenters. The molecule has 1 amide bonds. The Morgan fingerprint density at radius 3 is 2.62 bits per heavy atom. The van der Waals surface area contributed by atoms with Crippen molar-refractivity contribution in [1.82, 2.24) is 9.80 Å². The van der Waals surface area contributed by atoms with E-state index in [1.165, 1.54) is 5.56 Å². The van der Waals surface area contributed by atoms with E-state index in [9.17, 15) is 4.79 Å². The zero-order valence-electron chi connectivity index (χ0n) is 16.5. The highest BCUT2D eigenvalue weighted by Gasteiger charge is 2.28. The van der Waals surface area contributed by atoms with Crippen molar-refractivity contribution in [2.75, 3.05) is 33.0 Å². The lowest BCUT2D eigenvalue weighted by Gasteiger charge is -2.36. The minimum Gasteiger partial charge on any atom is -0.479 e. The fraction of sp³-hybridized carbons (Fsp3) is 0.409. The highest BCUT2D eigenvalue weighted by Crippen LogP contribution is 2.33. The van der Waals surface area contributed by atoms with Gasteiger partial charge in [-0.1, -0.05) is 36.7 Å². The summed E-state index contributed by atoms with van der Waals surface area (Å²) in [6, 6.07) is 13.3. The number of para-hydroxylation sites is 1. The molecule has 0 spiro atoms. The summed E-state index contributed by atoms with van der Waals surface area (Å²) >= 11 is 6.17. The molecular weight excluding hydrogens is 392 g/mol. The first-order chi connectivity index (χ1) is 14.1. The number of ether oxygens (including phenoxy) is 3. The number of nitrogens with zero attached hydrogens (tertiary/aromatic N) is 2. The van der Waals surface area contributed by atoms with E-state index in [4.69, 9.17) is 25.8 Å². The number of hydrogen-bond acceptors (Lipinski definition) is 5. The van der Waals surface area contributed by atoms with Crippen molar-refractivity contribution in [1.29, 1.82) is 0 Å². The van der Waals surface area contributed by atoms with Gasteiger partial charge in [-0.2, -0.15) is 0 Å². The van der Waals surface area contributed by atoms with Gasteiger partial charge in [0.05, 0.1) is 5.02 Å². The summed E-state index contributed by atoms with van der Waals surface area (Å²) in [5.41, 5.74) is 1.18. The second-order valence-corrected chi connectivity index (χ2v) is 7.64. The number of amides is 1. The third kappa shape index (κ3) is 4.60. The van der Waals surface area contributed by atoms with Crippen LogP contribution in [0.5, 0.6) is 17.2 Å². The Labute approximate surface area is 175 Å². The number of carbonyl (C=O) groups excluding carboxylic acids is 1. The van der Waals surface area contributed by atoms with Gasteiger partial charge in [-0.3, -0.25) is 9.69 Å². The van der Waals surface area contributed by atoms with Gasteiger partial charge in [0, 0.05) is 32.7 Å². The van der Waals surface area contributed by atoms with Gasteiger partial charge in [-0.05, 0) is 36.2 Å². The summed E-state index contributed by atoms with van der Waals surface area (Å²) < 4.78 is 16.7. The van der Waals surface area contributed by atoms with Crippen LogP contribution >= 0.6 is 11.6 Å². The zero-order chi connectivity index (χ0) is 20.2. The minimum absolute atomic E-state index is 0.0233. The molecule has 1 saturated heterocycles. The van der Waals surface area contributed by atoms with Crippen molar-refractivity contribution in [3.8, 4) is 17.2 Å². The van der Waals surface area contributed by atoms with E-state index < -0.39 is 6.10 Å². The number of piperazine rings is 1. The number of fused-ring (bicyclic) bond motifs is 1. The normalized spacial score (nSPS) is 17.2. The van der Waals surface area contributed by atoms with E-state index in [-0.39, 0.29) is 12.7 Å².